The van der Waals surface area contributed by atoms with E-state index in [2.05, 4.69) is 0 Å². The molecule has 0 bridgehead atoms. The van der Waals surface area contributed by atoms with Crippen LogP contribution < -0.4 is 0 Å². The average Bonchev–Trinajstić information content (AvgIpc) is 2.47. The molecule has 1 aliphatic carbocycles. The molecule has 10 heteroatoms. The zero-order valence-electron chi connectivity index (χ0n) is 18.9. The molecule has 0 heterocycles. The molecule has 0 amide bonds. The highest BCUT2D eigenvalue weighted by Gasteiger charge is 2.63. The number of hydrogen-bond acceptors (Lipinski definition) is 6. The van der Waals surface area contributed by atoms with Gasteiger partial charge in [0.15, 0.2) is 28.2 Å². The van der Waals surface area contributed by atoms with Gasteiger partial charge in [-0.05, 0) is 78.6 Å². The van der Waals surface area contributed by atoms with Gasteiger partial charge in [0.05, 0.1) is 0 Å². The first kappa shape index (κ1) is 24.5. The number of carbonyl (C=O) groups is 2. The molecule has 0 aromatic rings. The van der Waals surface area contributed by atoms with Crippen LogP contribution in [0.5, 0.6) is 0 Å². The van der Waals surface area contributed by atoms with Crippen molar-refractivity contribution in [3.05, 3.63) is 11.5 Å². The standard InChI is InChI=1S/C17H36O6Si4/c1-24(2,3)20-13-14(21-25(4,5)6)16(19)17(15(13)18,22-26(7,8)9)23-27(10,11)12/h1-12H3. The number of ketones is 2. The van der Waals surface area contributed by atoms with Crippen LogP contribution in [0.15, 0.2) is 11.5 Å². The van der Waals surface area contributed by atoms with Gasteiger partial charge in [0.25, 0.3) is 17.4 Å². The second-order valence-electron chi connectivity index (χ2n) is 10.8. The third-order valence-electron chi connectivity index (χ3n) is 2.93. The van der Waals surface area contributed by atoms with Crippen molar-refractivity contribution in [3.63, 3.8) is 0 Å². The summed E-state index contributed by atoms with van der Waals surface area (Å²) < 4.78 is 24.4. The largest absolute Gasteiger partial charge is 0.539 e. The molecule has 0 aliphatic heterocycles. The van der Waals surface area contributed by atoms with E-state index in [0.29, 0.717) is 0 Å². The Hall–Kier alpha value is -0.532. The first-order chi connectivity index (χ1) is 11.7. The molecule has 0 atom stereocenters. The van der Waals surface area contributed by atoms with E-state index in [1.165, 1.54) is 0 Å². The summed E-state index contributed by atoms with van der Waals surface area (Å²) >= 11 is 0. The lowest BCUT2D eigenvalue weighted by Crippen LogP contribution is -2.58. The Labute approximate surface area is 168 Å². The highest BCUT2D eigenvalue weighted by Crippen LogP contribution is 2.40. The molecule has 0 aromatic heterocycles. The van der Waals surface area contributed by atoms with Crippen LogP contribution >= 0.6 is 0 Å². The smallest absolute Gasteiger partial charge is 0.288 e. The van der Waals surface area contributed by atoms with Gasteiger partial charge in [-0.25, -0.2) is 0 Å². The van der Waals surface area contributed by atoms with Gasteiger partial charge in [0.2, 0.25) is 16.6 Å². The van der Waals surface area contributed by atoms with E-state index in [1.807, 2.05) is 78.6 Å². The maximum Gasteiger partial charge on any atom is 0.288 e. The summed E-state index contributed by atoms with van der Waals surface area (Å²) in [7, 11) is -8.98. The maximum absolute atomic E-state index is 13.5. The Balaban J connectivity index is 3.61. The van der Waals surface area contributed by atoms with Gasteiger partial charge >= 0.3 is 0 Å². The van der Waals surface area contributed by atoms with Gasteiger partial charge in [0.1, 0.15) is 0 Å². The molecule has 27 heavy (non-hydrogen) atoms. The first-order valence-corrected chi connectivity index (χ1v) is 22.9. The lowest BCUT2D eigenvalue weighted by atomic mass is 10.2. The normalized spacial score (nSPS) is 19.0. The van der Waals surface area contributed by atoms with Crippen LogP contribution in [0, 0.1) is 0 Å². The number of hydrogen-bond donors (Lipinski definition) is 0. The summed E-state index contributed by atoms with van der Waals surface area (Å²) in [6.07, 6.45) is 0. The van der Waals surface area contributed by atoms with Crippen molar-refractivity contribution in [2.24, 2.45) is 0 Å². The van der Waals surface area contributed by atoms with E-state index in [9.17, 15) is 9.59 Å². The van der Waals surface area contributed by atoms with E-state index >= 15 is 0 Å². The van der Waals surface area contributed by atoms with Gasteiger partial charge in [-0.1, -0.05) is 0 Å². The van der Waals surface area contributed by atoms with Crippen LogP contribution in [0.2, 0.25) is 78.6 Å². The third-order valence-corrected chi connectivity index (χ3v) is 6.37. The van der Waals surface area contributed by atoms with Crippen molar-refractivity contribution < 1.29 is 27.3 Å². The van der Waals surface area contributed by atoms with Crippen LogP contribution in [0.4, 0.5) is 0 Å². The van der Waals surface area contributed by atoms with Gasteiger partial charge < -0.3 is 17.7 Å². The summed E-state index contributed by atoms with van der Waals surface area (Å²) in [4.78, 5) is 27.0. The average molecular weight is 449 g/mol. The van der Waals surface area contributed by atoms with E-state index in [-0.39, 0.29) is 11.5 Å². The van der Waals surface area contributed by atoms with Crippen molar-refractivity contribution in [2.75, 3.05) is 0 Å². The Bertz CT molecular complexity index is 588. The molecule has 0 N–H and O–H groups in total. The van der Waals surface area contributed by atoms with Crippen LogP contribution in [0.1, 0.15) is 0 Å². The summed E-state index contributed by atoms with van der Waals surface area (Å²) in [5.41, 5.74) is 0. The van der Waals surface area contributed by atoms with Crippen LogP contribution in [0.25, 0.3) is 0 Å². The van der Waals surface area contributed by atoms with E-state index in [4.69, 9.17) is 17.7 Å². The Kier molecular flexibility index (Phi) is 6.69. The summed E-state index contributed by atoms with van der Waals surface area (Å²) in [6.45, 7) is 23.3. The fourth-order valence-corrected chi connectivity index (χ4v) is 6.33. The summed E-state index contributed by atoms with van der Waals surface area (Å²) in [6, 6.07) is 0. The van der Waals surface area contributed by atoms with Gasteiger partial charge in [-0.2, -0.15) is 0 Å². The van der Waals surface area contributed by atoms with Crippen molar-refractivity contribution >= 4 is 44.8 Å². The van der Waals surface area contributed by atoms with Crippen molar-refractivity contribution in [1.29, 1.82) is 0 Å². The molecule has 0 unspecified atom stereocenters. The molecule has 156 valence electrons. The molecule has 0 fully saturated rings. The predicted octanol–water partition coefficient (Wildman–Crippen LogP) is 4.45. The van der Waals surface area contributed by atoms with E-state index < -0.39 is 50.6 Å². The minimum absolute atomic E-state index is 0.0157. The fourth-order valence-electron chi connectivity index (χ4n) is 2.47. The minimum Gasteiger partial charge on any atom is -0.539 e. The molecule has 1 rings (SSSR count). The SMILES string of the molecule is C[Si](C)(C)OC1=C(O[Si](C)(C)C)C(=O)C(O[Si](C)(C)C)(O[Si](C)(C)C)C1=O. The molecule has 6 nitrogen and oxygen atoms in total. The molecule has 0 radical (unpaired) electrons. The second-order valence-corrected chi connectivity index (χ2v) is 28.5. The van der Waals surface area contributed by atoms with E-state index in [1.54, 1.807) is 0 Å². The van der Waals surface area contributed by atoms with Crippen LogP contribution in [-0.4, -0.2) is 50.6 Å². The topological polar surface area (TPSA) is 71.1 Å². The predicted molar refractivity (Wildman–Crippen MR) is 117 cm³/mol. The molecular weight excluding hydrogens is 413 g/mol. The van der Waals surface area contributed by atoms with E-state index in [0.717, 1.165) is 0 Å². The Morgan fingerprint density at radius 2 is 0.778 bits per heavy atom. The lowest BCUT2D eigenvalue weighted by molar-refractivity contribution is -0.172. The Morgan fingerprint density at radius 1 is 0.519 bits per heavy atom. The lowest BCUT2D eigenvalue weighted by Gasteiger charge is -2.37. The number of Topliss-reactive ketones (excluding diaryl/α,β-unsaturated/α-hetero) is 2. The zero-order valence-corrected chi connectivity index (χ0v) is 22.9. The van der Waals surface area contributed by atoms with Gasteiger partial charge in [-0.3, -0.25) is 9.59 Å². The summed E-state index contributed by atoms with van der Waals surface area (Å²) in [5, 5.41) is 0. The number of rotatable bonds is 8. The van der Waals surface area contributed by atoms with Crippen LogP contribution in [-0.2, 0) is 27.3 Å². The molecule has 0 aromatic carbocycles. The summed E-state index contributed by atoms with van der Waals surface area (Å²) in [5.74, 6) is -3.10. The highest BCUT2D eigenvalue weighted by molar-refractivity contribution is 6.73. The fraction of sp³-hybridized carbons (Fsp3) is 0.765. The molecule has 0 spiro atoms. The number of carbonyl (C=O) groups excluding carboxylic acids is 2. The third kappa shape index (κ3) is 6.78. The first-order valence-electron chi connectivity index (χ1n) is 9.29. The monoisotopic (exact) mass is 448 g/mol. The quantitative estimate of drug-likeness (QED) is 0.310. The minimum atomic E-state index is -2.31. The molecular formula is C17H36O6Si4. The zero-order chi connectivity index (χ0) is 21.6. The van der Waals surface area contributed by atoms with Crippen molar-refractivity contribution in [3.8, 4) is 0 Å². The molecule has 1 aliphatic rings. The highest BCUT2D eigenvalue weighted by atomic mass is 28.4. The maximum atomic E-state index is 13.5. The molecule has 0 saturated carbocycles. The van der Waals surface area contributed by atoms with Gasteiger partial charge in [-0.15, -0.1) is 0 Å². The second kappa shape index (κ2) is 7.38. The van der Waals surface area contributed by atoms with Crippen molar-refractivity contribution in [2.45, 2.75) is 84.4 Å². The van der Waals surface area contributed by atoms with Crippen molar-refractivity contribution in [1.82, 2.24) is 0 Å². The Morgan fingerprint density at radius 3 is 0.963 bits per heavy atom. The van der Waals surface area contributed by atoms with Gasteiger partial charge in [0, 0.05) is 0 Å². The molecule has 0 saturated heterocycles. The van der Waals surface area contributed by atoms with Crippen LogP contribution in [0.3, 0.4) is 0 Å².